The second-order valence-electron chi connectivity index (χ2n) is 6.97. The van der Waals surface area contributed by atoms with Crippen LogP contribution in [0.3, 0.4) is 0 Å². The number of carbonyl (C=O) groups is 1. The van der Waals surface area contributed by atoms with E-state index >= 15 is 0 Å². The van der Waals surface area contributed by atoms with E-state index in [1.807, 2.05) is 13.8 Å². The number of halogens is 3. The van der Waals surface area contributed by atoms with Crippen molar-refractivity contribution < 1.29 is 18.0 Å². The molecule has 32 heavy (non-hydrogen) atoms. The number of rotatable bonds is 8. The normalized spacial score (nSPS) is 12.4. The zero-order chi connectivity index (χ0) is 23.3. The van der Waals surface area contributed by atoms with Crippen molar-refractivity contribution in [2.24, 2.45) is 0 Å². The number of hydrogen-bond acceptors (Lipinski definition) is 7. The number of amides is 1. The summed E-state index contributed by atoms with van der Waals surface area (Å²) in [5, 5.41) is 11.1. The van der Waals surface area contributed by atoms with Crippen LogP contribution in [-0.4, -0.2) is 59.9 Å². The number of pyridine rings is 1. The molecule has 1 N–H and O–H groups in total. The highest BCUT2D eigenvalue weighted by Crippen LogP contribution is 2.28. The summed E-state index contributed by atoms with van der Waals surface area (Å²) in [6.45, 7) is 6.19. The number of carbonyl (C=O) groups excluding carboxylic acids is 1. The zero-order valence-electron chi connectivity index (χ0n) is 17.8. The van der Waals surface area contributed by atoms with Gasteiger partial charge in [-0.3, -0.25) is 4.79 Å². The minimum atomic E-state index is -4.50. The summed E-state index contributed by atoms with van der Waals surface area (Å²) in [7, 11) is 0. The molecule has 170 valence electrons. The van der Waals surface area contributed by atoms with E-state index < -0.39 is 11.7 Å². The lowest BCUT2D eigenvalue weighted by atomic mass is 10.1. The molecule has 0 radical (unpaired) electrons. The van der Waals surface area contributed by atoms with Gasteiger partial charge in [-0.15, -0.1) is 4.80 Å². The molecular formula is C20H23F3N8O. The van der Waals surface area contributed by atoms with Crippen LogP contribution in [0.1, 0.15) is 42.0 Å². The molecule has 0 fully saturated rings. The van der Waals surface area contributed by atoms with Gasteiger partial charge in [0.1, 0.15) is 5.69 Å². The fourth-order valence-electron chi connectivity index (χ4n) is 3.16. The van der Waals surface area contributed by atoms with Crippen LogP contribution >= 0.6 is 0 Å². The summed E-state index contributed by atoms with van der Waals surface area (Å²) in [5.41, 5.74) is 0.417. The van der Waals surface area contributed by atoms with Gasteiger partial charge in [-0.1, -0.05) is 6.92 Å². The zero-order valence-corrected chi connectivity index (χ0v) is 17.8. The largest absolute Gasteiger partial charge is 0.419 e. The summed E-state index contributed by atoms with van der Waals surface area (Å²) < 4.78 is 38.1. The Bertz CT molecular complexity index is 1040. The number of nitrogens with zero attached hydrogens (tertiary/aromatic N) is 7. The smallest absolute Gasteiger partial charge is 0.352 e. The Hall–Kier alpha value is -3.57. The van der Waals surface area contributed by atoms with Crippen LogP contribution < -0.4 is 5.32 Å². The van der Waals surface area contributed by atoms with E-state index in [-0.39, 0.29) is 30.1 Å². The monoisotopic (exact) mass is 448 g/mol. The van der Waals surface area contributed by atoms with Gasteiger partial charge in [-0.25, -0.2) is 15.0 Å². The van der Waals surface area contributed by atoms with Gasteiger partial charge < -0.3 is 10.2 Å². The number of hydrogen-bond donors (Lipinski definition) is 1. The fourth-order valence-corrected chi connectivity index (χ4v) is 3.16. The number of nitrogens with one attached hydrogen (secondary N) is 1. The lowest BCUT2D eigenvalue weighted by molar-refractivity contribution is -0.138. The first-order valence-corrected chi connectivity index (χ1v) is 10.0. The first kappa shape index (κ1) is 23.1. The van der Waals surface area contributed by atoms with E-state index in [0.29, 0.717) is 24.3 Å². The molecule has 0 spiro atoms. The van der Waals surface area contributed by atoms with Crippen LogP contribution in [-0.2, 0) is 6.18 Å². The topological polar surface area (TPSA) is 102 Å². The Morgan fingerprint density at radius 1 is 1.16 bits per heavy atom. The molecule has 0 aliphatic carbocycles. The third-order valence-corrected chi connectivity index (χ3v) is 4.84. The number of alkyl halides is 3. The van der Waals surface area contributed by atoms with E-state index in [4.69, 9.17) is 0 Å². The van der Waals surface area contributed by atoms with Crippen molar-refractivity contribution >= 4 is 11.9 Å². The van der Waals surface area contributed by atoms with E-state index in [1.165, 1.54) is 17.2 Å². The highest BCUT2D eigenvalue weighted by atomic mass is 19.4. The summed E-state index contributed by atoms with van der Waals surface area (Å²) in [4.78, 5) is 28.3. The maximum atomic E-state index is 13.4. The van der Waals surface area contributed by atoms with Gasteiger partial charge >= 0.3 is 6.18 Å². The minimum Gasteiger partial charge on any atom is -0.352 e. The van der Waals surface area contributed by atoms with Crippen LogP contribution in [0, 0.1) is 6.92 Å². The lowest BCUT2D eigenvalue weighted by Crippen LogP contribution is -2.44. The summed E-state index contributed by atoms with van der Waals surface area (Å²) in [5.74, 6) is -0.249. The fraction of sp³-hybridized carbons (Fsp3) is 0.400. The van der Waals surface area contributed by atoms with E-state index in [9.17, 15) is 18.0 Å². The molecular weight excluding hydrogens is 425 g/mol. The highest BCUT2D eigenvalue weighted by molar-refractivity contribution is 5.96. The molecule has 0 aromatic carbocycles. The molecule has 1 unspecified atom stereocenters. The van der Waals surface area contributed by atoms with Crippen molar-refractivity contribution in [2.75, 3.05) is 18.4 Å². The van der Waals surface area contributed by atoms with Gasteiger partial charge in [0.25, 0.3) is 5.91 Å². The first-order chi connectivity index (χ1) is 15.2. The molecule has 1 atom stereocenters. The predicted molar refractivity (Wildman–Crippen MR) is 110 cm³/mol. The second kappa shape index (κ2) is 9.71. The Balaban J connectivity index is 1.79. The molecule has 12 heteroatoms. The average Bonchev–Trinajstić information content (AvgIpc) is 3.30. The van der Waals surface area contributed by atoms with Crippen LogP contribution in [0.25, 0.3) is 5.69 Å². The Morgan fingerprint density at radius 2 is 1.81 bits per heavy atom. The number of likely N-dealkylation sites (N-methyl/N-ethyl adjacent to an activating group) is 1. The standard InChI is InChI=1S/C20H23F3N8O/c1-4-15(12-26-19-24-10-14(11-25-19)20(21,22)23)30(5-2)18(32)17-16(7-6-13(3)29-17)31-27-8-9-28-31/h6-11,15H,4-5,12H2,1-3H3,(H,24,25,26). The number of aryl methyl sites for hydroxylation is 1. The SMILES string of the molecule is CCC(CNc1ncc(C(F)(F)F)cn1)N(CC)C(=O)c1nc(C)ccc1-n1nccn1. The Kier molecular flexibility index (Phi) is 7.01. The summed E-state index contributed by atoms with van der Waals surface area (Å²) in [6.07, 6.45) is 0.549. The van der Waals surface area contributed by atoms with Crippen molar-refractivity contribution in [3.8, 4) is 5.69 Å². The molecule has 0 aliphatic rings. The molecule has 1 amide bonds. The average molecular weight is 448 g/mol. The molecule has 0 saturated heterocycles. The predicted octanol–water partition coefficient (Wildman–Crippen LogP) is 3.13. The maximum absolute atomic E-state index is 13.4. The number of aromatic nitrogens is 6. The lowest BCUT2D eigenvalue weighted by Gasteiger charge is -2.30. The molecule has 3 heterocycles. The van der Waals surface area contributed by atoms with Crippen LogP contribution in [0.2, 0.25) is 0 Å². The van der Waals surface area contributed by atoms with Crippen LogP contribution in [0.5, 0.6) is 0 Å². The van der Waals surface area contributed by atoms with Gasteiger partial charge in [-0.2, -0.15) is 23.4 Å². The summed E-state index contributed by atoms with van der Waals surface area (Å²) in [6, 6.07) is 3.23. The van der Waals surface area contributed by atoms with Crippen molar-refractivity contribution in [1.82, 2.24) is 34.8 Å². The maximum Gasteiger partial charge on any atom is 0.419 e. The van der Waals surface area contributed by atoms with Crippen LogP contribution in [0.15, 0.2) is 36.9 Å². The minimum absolute atomic E-state index is 0.0510. The quantitative estimate of drug-likeness (QED) is 0.565. The van der Waals surface area contributed by atoms with E-state index in [0.717, 1.165) is 12.4 Å². The summed E-state index contributed by atoms with van der Waals surface area (Å²) >= 11 is 0. The number of anilines is 1. The molecule has 3 aromatic heterocycles. The van der Waals surface area contributed by atoms with Gasteiger partial charge in [0, 0.05) is 37.2 Å². The van der Waals surface area contributed by atoms with Gasteiger partial charge in [0.15, 0.2) is 5.69 Å². The molecule has 3 rings (SSSR count). The molecule has 0 aliphatic heterocycles. The van der Waals surface area contributed by atoms with Crippen molar-refractivity contribution in [3.63, 3.8) is 0 Å². The van der Waals surface area contributed by atoms with E-state index in [1.54, 1.807) is 24.0 Å². The van der Waals surface area contributed by atoms with Gasteiger partial charge in [0.2, 0.25) is 5.95 Å². The molecule has 9 nitrogen and oxygen atoms in total. The van der Waals surface area contributed by atoms with Gasteiger partial charge in [-0.05, 0) is 32.4 Å². The molecule has 0 saturated carbocycles. The molecule has 0 bridgehead atoms. The Labute approximate surface area is 182 Å². The highest BCUT2D eigenvalue weighted by Gasteiger charge is 2.31. The third kappa shape index (κ3) is 5.18. The van der Waals surface area contributed by atoms with Crippen molar-refractivity contribution in [2.45, 2.75) is 39.4 Å². The Morgan fingerprint density at radius 3 is 2.38 bits per heavy atom. The first-order valence-electron chi connectivity index (χ1n) is 10.0. The third-order valence-electron chi connectivity index (χ3n) is 4.84. The van der Waals surface area contributed by atoms with Crippen molar-refractivity contribution in [3.05, 3.63) is 53.9 Å². The van der Waals surface area contributed by atoms with Crippen molar-refractivity contribution in [1.29, 1.82) is 0 Å². The second-order valence-corrected chi connectivity index (χ2v) is 6.97. The van der Waals surface area contributed by atoms with E-state index in [2.05, 4.69) is 30.5 Å². The van der Waals surface area contributed by atoms with Gasteiger partial charge in [0.05, 0.1) is 18.0 Å². The molecule has 3 aromatic rings. The van der Waals surface area contributed by atoms with Crippen LogP contribution in [0.4, 0.5) is 19.1 Å².